The highest BCUT2D eigenvalue weighted by Gasteiger charge is 2.15. The molecule has 1 saturated heterocycles. The van der Waals surface area contributed by atoms with E-state index >= 15 is 0 Å². The van der Waals surface area contributed by atoms with Crippen molar-refractivity contribution >= 4 is 28.4 Å². The molecule has 1 aliphatic heterocycles. The summed E-state index contributed by atoms with van der Waals surface area (Å²) in [5.74, 6) is -0.798. The number of hydrogen-bond donors (Lipinski definition) is 1. The van der Waals surface area contributed by atoms with E-state index in [1.54, 1.807) is 18.2 Å². The Labute approximate surface area is 156 Å². The zero-order valence-corrected chi connectivity index (χ0v) is 15.2. The monoisotopic (exact) mass is 366 g/mol. The Morgan fingerprint density at radius 1 is 1.04 bits per heavy atom. The molecule has 1 amide bonds. The summed E-state index contributed by atoms with van der Waals surface area (Å²) in [6.07, 6.45) is 0. The van der Waals surface area contributed by atoms with Crippen molar-refractivity contribution in [3.05, 3.63) is 59.1 Å². The lowest BCUT2D eigenvalue weighted by Crippen LogP contribution is -2.44. The SMILES string of the molecule is CN1CCN(c2ccc(NC(=O)Cn3c(=O)oc4ccccc43)cc2)CC1. The molecule has 1 aliphatic rings. The number of amides is 1. The first-order valence-corrected chi connectivity index (χ1v) is 9.02. The van der Waals surface area contributed by atoms with Gasteiger partial charge < -0.3 is 19.5 Å². The van der Waals surface area contributed by atoms with E-state index in [1.807, 2.05) is 30.3 Å². The molecular weight excluding hydrogens is 344 g/mol. The lowest BCUT2D eigenvalue weighted by molar-refractivity contribution is -0.116. The third kappa shape index (κ3) is 3.73. The topological polar surface area (TPSA) is 70.7 Å². The van der Waals surface area contributed by atoms with Crippen LogP contribution >= 0.6 is 0 Å². The lowest BCUT2D eigenvalue weighted by atomic mass is 10.2. The van der Waals surface area contributed by atoms with Crippen LogP contribution in [0.5, 0.6) is 0 Å². The molecular formula is C20H22N4O3. The van der Waals surface area contributed by atoms with Crippen LogP contribution in [0.25, 0.3) is 11.1 Å². The second kappa shape index (κ2) is 7.28. The number of piperazine rings is 1. The quantitative estimate of drug-likeness (QED) is 0.765. The molecule has 1 fully saturated rings. The van der Waals surface area contributed by atoms with Gasteiger partial charge >= 0.3 is 5.76 Å². The molecule has 7 heteroatoms. The Morgan fingerprint density at radius 3 is 2.48 bits per heavy atom. The lowest BCUT2D eigenvalue weighted by Gasteiger charge is -2.34. The minimum atomic E-state index is -0.531. The molecule has 27 heavy (non-hydrogen) atoms. The molecule has 140 valence electrons. The first kappa shape index (κ1) is 17.4. The maximum absolute atomic E-state index is 12.4. The number of para-hydroxylation sites is 2. The van der Waals surface area contributed by atoms with Crippen molar-refractivity contribution in [1.82, 2.24) is 9.47 Å². The number of benzene rings is 2. The summed E-state index contributed by atoms with van der Waals surface area (Å²) < 4.78 is 6.50. The third-order valence-corrected chi connectivity index (χ3v) is 4.89. The summed E-state index contributed by atoms with van der Waals surface area (Å²) in [5.41, 5.74) is 2.95. The first-order valence-electron chi connectivity index (χ1n) is 9.02. The minimum Gasteiger partial charge on any atom is -0.408 e. The van der Waals surface area contributed by atoms with Crippen molar-refractivity contribution in [2.24, 2.45) is 0 Å². The van der Waals surface area contributed by atoms with Gasteiger partial charge in [-0.25, -0.2) is 4.79 Å². The second-order valence-corrected chi connectivity index (χ2v) is 6.81. The highest BCUT2D eigenvalue weighted by molar-refractivity contribution is 5.91. The van der Waals surface area contributed by atoms with Gasteiger partial charge in [0, 0.05) is 37.6 Å². The molecule has 1 aromatic heterocycles. The van der Waals surface area contributed by atoms with Gasteiger partial charge in [-0.05, 0) is 43.4 Å². The van der Waals surface area contributed by atoms with Crippen molar-refractivity contribution < 1.29 is 9.21 Å². The van der Waals surface area contributed by atoms with Gasteiger partial charge in [-0.15, -0.1) is 0 Å². The summed E-state index contributed by atoms with van der Waals surface area (Å²) >= 11 is 0. The van der Waals surface area contributed by atoms with E-state index in [0.717, 1.165) is 31.9 Å². The van der Waals surface area contributed by atoms with Crippen molar-refractivity contribution in [2.45, 2.75) is 6.54 Å². The van der Waals surface area contributed by atoms with Gasteiger partial charge in [0.15, 0.2) is 5.58 Å². The summed E-state index contributed by atoms with van der Waals surface area (Å²) in [7, 11) is 2.13. The number of nitrogens with one attached hydrogen (secondary N) is 1. The Bertz CT molecular complexity index is 998. The van der Waals surface area contributed by atoms with Crippen LogP contribution in [0.1, 0.15) is 0 Å². The Kier molecular flexibility index (Phi) is 4.68. The number of likely N-dealkylation sites (N-methyl/N-ethyl adjacent to an activating group) is 1. The largest absolute Gasteiger partial charge is 0.420 e. The van der Waals surface area contributed by atoms with Crippen molar-refractivity contribution in [2.75, 3.05) is 43.4 Å². The van der Waals surface area contributed by atoms with Gasteiger partial charge in [0.25, 0.3) is 0 Å². The van der Waals surface area contributed by atoms with Crippen LogP contribution in [0.4, 0.5) is 11.4 Å². The normalized spacial score (nSPS) is 15.2. The van der Waals surface area contributed by atoms with E-state index in [4.69, 9.17) is 4.42 Å². The van der Waals surface area contributed by atoms with Crippen LogP contribution in [0, 0.1) is 0 Å². The van der Waals surface area contributed by atoms with E-state index in [1.165, 1.54) is 4.57 Å². The van der Waals surface area contributed by atoms with Crippen LogP contribution in [-0.2, 0) is 11.3 Å². The van der Waals surface area contributed by atoms with Gasteiger partial charge in [0.1, 0.15) is 6.54 Å². The molecule has 0 radical (unpaired) electrons. The van der Waals surface area contributed by atoms with Gasteiger partial charge in [-0.2, -0.15) is 0 Å². The van der Waals surface area contributed by atoms with Crippen molar-refractivity contribution in [1.29, 1.82) is 0 Å². The number of anilines is 2. The Morgan fingerprint density at radius 2 is 1.74 bits per heavy atom. The standard InChI is InChI=1S/C20H22N4O3/c1-22-10-12-23(13-11-22)16-8-6-15(7-9-16)21-19(25)14-24-17-4-2-3-5-18(17)27-20(24)26/h2-9H,10-14H2,1H3,(H,21,25). The number of fused-ring (bicyclic) bond motifs is 1. The van der Waals surface area contributed by atoms with E-state index in [2.05, 4.69) is 22.2 Å². The Hall–Kier alpha value is -3.06. The average molecular weight is 366 g/mol. The van der Waals surface area contributed by atoms with Gasteiger partial charge in [-0.3, -0.25) is 9.36 Å². The average Bonchev–Trinajstić information content (AvgIpc) is 2.98. The fourth-order valence-corrected chi connectivity index (χ4v) is 3.33. The van der Waals surface area contributed by atoms with Crippen LogP contribution < -0.4 is 16.0 Å². The highest BCUT2D eigenvalue weighted by Crippen LogP contribution is 2.19. The summed E-state index contributed by atoms with van der Waals surface area (Å²) in [4.78, 5) is 29.0. The Balaban J connectivity index is 1.42. The molecule has 0 saturated carbocycles. The molecule has 1 N–H and O–H groups in total. The summed E-state index contributed by atoms with van der Waals surface area (Å²) in [5, 5.41) is 2.84. The fourth-order valence-electron chi connectivity index (χ4n) is 3.33. The highest BCUT2D eigenvalue weighted by atomic mass is 16.4. The molecule has 3 aromatic rings. The number of rotatable bonds is 4. The zero-order chi connectivity index (χ0) is 18.8. The summed E-state index contributed by atoms with van der Waals surface area (Å²) in [6, 6.07) is 14.9. The zero-order valence-electron chi connectivity index (χ0n) is 15.2. The van der Waals surface area contributed by atoms with Crippen LogP contribution in [0.2, 0.25) is 0 Å². The molecule has 0 aliphatic carbocycles. The van der Waals surface area contributed by atoms with Crippen LogP contribution in [0.3, 0.4) is 0 Å². The predicted molar refractivity (Wildman–Crippen MR) is 105 cm³/mol. The molecule has 0 atom stereocenters. The van der Waals surface area contributed by atoms with E-state index in [-0.39, 0.29) is 12.5 Å². The number of carbonyl (C=O) groups is 1. The molecule has 2 heterocycles. The van der Waals surface area contributed by atoms with E-state index in [0.29, 0.717) is 16.8 Å². The number of aromatic nitrogens is 1. The van der Waals surface area contributed by atoms with E-state index in [9.17, 15) is 9.59 Å². The summed E-state index contributed by atoms with van der Waals surface area (Å²) in [6.45, 7) is 4.01. The fraction of sp³-hybridized carbons (Fsp3) is 0.300. The van der Waals surface area contributed by atoms with Crippen LogP contribution in [0.15, 0.2) is 57.7 Å². The number of hydrogen-bond acceptors (Lipinski definition) is 5. The van der Waals surface area contributed by atoms with Crippen molar-refractivity contribution in [3.63, 3.8) is 0 Å². The molecule has 7 nitrogen and oxygen atoms in total. The molecule has 2 aromatic carbocycles. The molecule has 4 rings (SSSR count). The second-order valence-electron chi connectivity index (χ2n) is 6.81. The smallest absolute Gasteiger partial charge is 0.408 e. The van der Waals surface area contributed by atoms with Crippen molar-refractivity contribution in [3.8, 4) is 0 Å². The van der Waals surface area contributed by atoms with Crippen LogP contribution in [-0.4, -0.2) is 48.6 Å². The number of nitrogens with zero attached hydrogens (tertiary/aromatic N) is 3. The minimum absolute atomic E-state index is 0.0872. The van der Waals surface area contributed by atoms with Gasteiger partial charge in [0.05, 0.1) is 5.52 Å². The third-order valence-electron chi connectivity index (χ3n) is 4.89. The number of carbonyl (C=O) groups excluding carboxylic acids is 1. The van der Waals surface area contributed by atoms with Gasteiger partial charge in [0.2, 0.25) is 5.91 Å². The molecule has 0 spiro atoms. The first-order chi connectivity index (χ1) is 13.1. The predicted octanol–water partition coefficient (Wildman–Crippen LogP) is 1.98. The van der Waals surface area contributed by atoms with E-state index < -0.39 is 5.76 Å². The molecule has 0 bridgehead atoms. The maximum atomic E-state index is 12.4. The molecule has 0 unspecified atom stereocenters. The van der Waals surface area contributed by atoms with Gasteiger partial charge in [-0.1, -0.05) is 12.1 Å². The number of oxazole rings is 1. The maximum Gasteiger partial charge on any atom is 0.420 e.